The Morgan fingerprint density at radius 3 is 2.64 bits per heavy atom. The molecule has 1 atom stereocenters. The van der Waals surface area contributed by atoms with Crippen molar-refractivity contribution in [2.45, 2.75) is 32.1 Å². The van der Waals surface area contributed by atoms with Gasteiger partial charge in [0.15, 0.2) is 11.5 Å². The van der Waals surface area contributed by atoms with Crippen molar-refractivity contribution in [1.29, 1.82) is 0 Å². The second kappa shape index (κ2) is 8.68. The molecule has 1 aliphatic rings. The Bertz CT molecular complexity index is 1180. The molecule has 2 aromatic carbocycles. The third kappa shape index (κ3) is 4.59. The molecule has 0 spiro atoms. The lowest BCUT2D eigenvalue weighted by molar-refractivity contribution is -0.143. The predicted octanol–water partition coefficient (Wildman–Crippen LogP) is 5.08. The zero-order valence-electron chi connectivity index (χ0n) is 17.0. The van der Waals surface area contributed by atoms with Crippen LogP contribution in [0.25, 0.3) is 5.69 Å². The number of nitrogens with zero attached hydrogens (tertiary/aromatic N) is 3. The molecule has 1 aliphatic heterocycles. The fourth-order valence-corrected chi connectivity index (χ4v) is 3.57. The minimum Gasteiger partial charge on any atom is -0.466 e. The summed E-state index contributed by atoms with van der Waals surface area (Å²) >= 11 is 0. The van der Waals surface area contributed by atoms with Gasteiger partial charge in [-0.05, 0) is 36.8 Å². The second-order valence-electron chi connectivity index (χ2n) is 6.98. The Morgan fingerprint density at radius 1 is 1.15 bits per heavy atom. The molecule has 0 aliphatic carbocycles. The van der Waals surface area contributed by atoms with Gasteiger partial charge in [0.2, 0.25) is 0 Å². The minimum atomic E-state index is -4.74. The second-order valence-corrected chi connectivity index (χ2v) is 6.98. The zero-order chi connectivity index (χ0) is 23.8. The monoisotopic (exact) mass is 469 g/mol. The Kier molecular flexibility index (Phi) is 5.91. The lowest BCUT2D eigenvalue weighted by atomic mass is 9.96. The average Bonchev–Trinajstić information content (AvgIpc) is 3.31. The Hall–Kier alpha value is -3.70. The molecule has 174 valence electrons. The van der Waals surface area contributed by atoms with Crippen LogP contribution in [0.2, 0.25) is 0 Å². The maximum absolute atomic E-state index is 13.0. The number of carbonyl (C=O) groups excluding carboxylic acids is 1. The van der Waals surface area contributed by atoms with Gasteiger partial charge in [-0.2, -0.15) is 22.0 Å². The number of halogens is 5. The van der Waals surface area contributed by atoms with Gasteiger partial charge < -0.3 is 14.2 Å². The molecular formula is C21H16F5N3O4. The van der Waals surface area contributed by atoms with Crippen molar-refractivity contribution in [2.24, 2.45) is 0 Å². The molecule has 0 saturated carbocycles. The normalized spacial score (nSPS) is 14.7. The van der Waals surface area contributed by atoms with E-state index in [1.165, 1.54) is 18.5 Å². The summed E-state index contributed by atoms with van der Waals surface area (Å²) in [5.41, 5.74) is 0.150. The van der Waals surface area contributed by atoms with Crippen LogP contribution in [-0.2, 0) is 15.7 Å². The summed E-state index contributed by atoms with van der Waals surface area (Å²) in [6, 6.07) is 6.75. The van der Waals surface area contributed by atoms with E-state index in [0.29, 0.717) is 23.6 Å². The third-order valence-electron chi connectivity index (χ3n) is 4.91. The van der Waals surface area contributed by atoms with Gasteiger partial charge in [-0.15, -0.1) is 10.2 Å². The van der Waals surface area contributed by atoms with Crippen LogP contribution in [0.3, 0.4) is 0 Å². The maximum atomic E-state index is 13.0. The van der Waals surface area contributed by atoms with Crippen molar-refractivity contribution in [3.8, 4) is 22.9 Å². The lowest BCUT2D eigenvalue weighted by Crippen LogP contribution is -2.10. The van der Waals surface area contributed by atoms with E-state index in [2.05, 4.69) is 14.9 Å². The molecule has 3 aromatic rings. The summed E-state index contributed by atoms with van der Waals surface area (Å²) in [6.45, 7) is -1.42. The fraction of sp³-hybridized carbons (Fsp3) is 0.286. The molecule has 7 nitrogen and oxygen atoms in total. The topological polar surface area (TPSA) is 75.5 Å². The van der Waals surface area contributed by atoms with Crippen molar-refractivity contribution in [2.75, 3.05) is 6.61 Å². The van der Waals surface area contributed by atoms with Gasteiger partial charge in [0.25, 0.3) is 0 Å². The van der Waals surface area contributed by atoms with Crippen LogP contribution in [0.5, 0.6) is 17.2 Å². The highest BCUT2D eigenvalue weighted by Gasteiger charge is 2.34. The number of benzene rings is 2. The van der Waals surface area contributed by atoms with Crippen LogP contribution < -0.4 is 9.47 Å². The SMILES string of the molecule is CCOC(=O)CC1c2ccc(Oc3ccc(C(F)(F)F)cc3OC(F)F)cc2-n2cnnc21. The highest BCUT2D eigenvalue weighted by Crippen LogP contribution is 2.43. The van der Waals surface area contributed by atoms with E-state index in [1.807, 2.05) is 0 Å². The summed E-state index contributed by atoms with van der Waals surface area (Å²) in [4.78, 5) is 12.0. The van der Waals surface area contributed by atoms with Crippen LogP contribution >= 0.6 is 0 Å². The number of alkyl halides is 5. The zero-order valence-corrected chi connectivity index (χ0v) is 17.0. The van der Waals surface area contributed by atoms with Crippen LogP contribution in [0.15, 0.2) is 42.7 Å². The average molecular weight is 469 g/mol. The molecular weight excluding hydrogens is 453 g/mol. The molecule has 33 heavy (non-hydrogen) atoms. The number of hydrogen-bond donors (Lipinski definition) is 0. The molecule has 0 bridgehead atoms. The molecule has 4 rings (SSSR count). The molecule has 1 aromatic heterocycles. The van der Waals surface area contributed by atoms with E-state index >= 15 is 0 Å². The fourth-order valence-electron chi connectivity index (χ4n) is 3.57. The van der Waals surface area contributed by atoms with Gasteiger partial charge in [-0.3, -0.25) is 9.36 Å². The van der Waals surface area contributed by atoms with Crippen molar-refractivity contribution >= 4 is 5.97 Å². The molecule has 0 radical (unpaired) electrons. The number of carbonyl (C=O) groups is 1. The van der Waals surface area contributed by atoms with E-state index in [-0.39, 0.29) is 24.5 Å². The Labute approximate surface area is 183 Å². The summed E-state index contributed by atoms with van der Waals surface area (Å²) in [7, 11) is 0. The smallest absolute Gasteiger partial charge is 0.416 e. The molecule has 0 fully saturated rings. The Balaban J connectivity index is 1.66. The van der Waals surface area contributed by atoms with Crippen LogP contribution in [0.4, 0.5) is 22.0 Å². The van der Waals surface area contributed by atoms with Crippen molar-refractivity contribution in [1.82, 2.24) is 14.8 Å². The van der Waals surface area contributed by atoms with Crippen molar-refractivity contribution in [3.05, 3.63) is 59.7 Å². The van der Waals surface area contributed by atoms with Gasteiger partial charge in [0.05, 0.1) is 30.2 Å². The maximum Gasteiger partial charge on any atom is 0.416 e. The van der Waals surface area contributed by atoms with Crippen molar-refractivity contribution < 1.29 is 41.0 Å². The molecule has 12 heteroatoms. The van der Waals surface area contributed by atoms with Gasteiger partial charge in [-0.1, -0.05) is 6.07 Å². The third-order valence-corrected chi connectivity index (χ3v) is 4.91. The molecule has 2 heterocycles. The van der Waals surface area contributed by atoms with Gasteiger partial charge >= 0.3 is 18.8 Å². The number of fused-ring (bicyclic) bond motifs is 3. The summed E-state index contributed by atoms with van der Waals surface area (Å²) < 4.78 is 80.9. The van der Waals surface area contributed by atoms with E-state index in [0.717, 1.165) is 11.6 Å². The van der Waals surface area contributed by atoms with Gasteiger partial charge in [-0.25, -0.2) is 0 Å². The van der Waals surface area contributed by atoms with E-state index < -0.39 is 36.0 Å². The first-order valence-corrected chi connectivity index (χ1v) is 9.71. The lowest BCUT2D eigenvalue weighted by Gasteiger charge is -2.15. The van der Waals surface area contributed by atoms with Crippen LogP contribution in [0, 0.1) is 0 Å². The number of rotatable bonds is 7. The Morgan fingerprint density at radius 2 is 1.94 bits per heavy atom. The van der Waals surface area contributed by atoms with Gasteiger partial charge in [0, 0.05) is 6.07 Å². The van der Waals surface area contributed by atoms with E-state index in [1.54, 1.807) is 17.6 Å². The highest BCUT2D eigenvalue weighted by atomic mass is 19.4. The summed E-state index contributed by atoms with van der Waals surface area (Å²) in [5.74, 6) is -1.27. The number of hydrogen-bond acceptors (Lipinski definition) is 6. The number of esters is 1. The standard InChI is InChI=1S/C21H16F5N3O4/c1-2-31-18(30)9-14-13-5-4-12(8-15(13)29-10-27-28-19(14)29)32-16-6-3-11(21(24,25)26)7-17(16)33-20(22)23/h3-8,10,14,20H,2,9H2,1H3. The minimum absolute atomic E-state index is 0.0328. The quantitative estimate of drug-likeness (QED) is 0.355. The van der Waals surface area contributed by atoms with Crippen LogP contribution in [0.1, 0.15) is 36.2 Å². The molecule has 0 amide bonds. The molecule has 1 unspecified atom stereocenters. The predicted molar refractivity (Wildman–Crippen MR) is 103 cm³/mol. The molecule has 0 saturated heterocycles. The number of aromatic nitrogens is 3. The van der Waals surface area contributed by atoms with Crippen LogP contribution in [-0.4, -0.2) is 34.0 Å². The largest absolute Gasteiger partial charge is 0.466 e. The first kappa shape index (κ1) is 22.5. The van der Waals surface area contributed by atoms with Crippen molar-refractivity contribution in [3.63, 3.8) is 0 Å². The van der Waals surface area contributed by atoms with E-state index in [4.69, 9.17) is 9.47 Å². The van der Waals surface area contributed by atoms with E-state index in [9.17, 15) is 26.7 Å². The number of ether oxygens (including phenoxy) is 3. The first-order chi connectivity index (χ1) is 15.7. The van der Waals surface area contributed by atoms with Gasteiger partial charge in [0.1, 0.15) is 17.9 Å². The molecule has 0 N–H and O–H groups in total. The highest BCUT2D eigenvalue weighted by molar-refractivity contribution is 5.72. The first-order valence-electron chi connectivity index (χ1n) is 9.71. The summed E-state index contributed by atoms with van der Waals surface area (Å²) in [5, 5.41) is 7.90. The summed E-state index contributed by atoms with van der Waals surface area (Å²) in [6.07, 6.45) is -3.28.